The molecule has 8 heteroatoms. The van der Waals surface area contributed by atoms with Gasteiger partial charge in [-0.3, -0.25) is 19.4 Å². The first-order valence-electron chi connectivity index (χ1n) is 10.3. The number of carbonyl (C=O) groups excluding carboxylic acids is 2. The molecule has 0 spiro atoms. The molecule has 1 saturated heterocycles. The lowest BCUT2D eigenvalue weighted by Crippen LogP contribution is -2.55. The number of allylic oxidation sites excluding steroid dienone is 4. The second kappa shape index (κ2) is 12.1. The van der Waals surface area contributed by atoms with Gasteiger partial charge in [0.1, 0.15) is 5.57 Å². The highest BCUT2D eigenvalue weighted by Crippen LogP contribution is 2.18. The van der Waals surface area contributed by atoms with Gasteiger partial charge in [-0.2, -0.15) is 0 Å². The Bertz CT molecular complexity index is 843. The van der Waals surface area contributed by atoms with Gasteiger partial charge in [-0.05, 0) is 49.8 Å². The molecule has 0 atom stereocenters. The zero-order valence-electron chi connectivity index (χ0n) is 17.9. The van der Waals surface area contributed by atoms with E-state index in [4.69, 9.17) is 22.4 Å². The van der Waals surface area contributed by atoms with Crippen LogP contribution >= 0.6 is 12.2 Å². The van der Waals surface area contributed by atoms with Gasteiger partial charge in [0.05, 0.1) is 13.2 Å². The Morgan fingerprint density at radius 3 is 1.94 bits per heavy atom. The summed E-state index contributed by atoms with van der Waals surface area (Å²) >= 11 is 5.24. The summed E-state index contributed by atoms with van der Waals surface area (Å²) in [7, 11) is 0. The molecule has 2 rings (SSSR count). The van der Waals surface area contributed by atoms with E-state index in [0.29, 0.717) is 26.2 Å². The molecule has 166 valence electrons. The van der Waals surface area contributed by atoms with Crippen LogP contribution in [0.3, 0.4) is 0 Å². The average Bonchev–Trinajstić information content (AvgIpc) is 2.76. The molecule has 1 heterocycles. The molecule has 7 nitrogen and oxygen atoms in total. The van der Waals surface area contributed by atoms with Crippen LogP contribution < -0.4 is 4.90 Å². The van der Waals surface area contributed by atoms with E-state index in [1.54, 1.807) is 12.2 Å². The summed E-state index contributed by atoms with van der Waals surface area (Å²) in [6.07, 6.45) is 8.66. The Hall–Kier alpha value is -2.81. The maximum atomic E-state index is 12.5. The molecule has 2 amide bonds. The number of benzene rings is 1. The molecule has 1 aliphatic rings. The average molecular weight is 444 g/mol. The van der Waals surface area contributed by atoms with E-state index in [-0.39, 0.29) is 35.7 Å². The molecule has 1 aromatic carbocycles. The third-order valence-corrected chi connectivity index (χ3v) is 5.26. The lowest BCUT2D eigenvalue weighted by Gasteiger charge is -2.35. The molecule has 1 aliphatic heterocycles. The van der Waals surface area contributed by atoms with Gasteiger partial charge in [0, 0.05) is 31.9 Å². The van der Waals surface area contributed by atoms with Crippen molar-refractivity contribution in [3.8, 4) is 0 Å². The topological polar surface area (TPSA) is 84.3 Å². The van der Waals surface area contributed by atoms with Crippen molar-refractivity contribution in [2.45, 2.75) is 13.8 Å². The minimum atomic E-state index is -0.373. The highest BCUT2D eigenvalue weighted by atomic mass is 32.1. The van der Waals surface area contributed by atoms with Crippen molar-refractivity contribution in [1.29, 1.82) is 0 Å². The van der Waals surface area contributed by atoms with Gasteiger partial charge < -0.3 is 15.1 Å². The van der Waals surface area contributed by atoms with Crippen molar-refractivity contribution >= 4 is 40.9 Å². The van der Waals surface area contributed by atoms with Crippen LogP contribution in [-0.4, -0.2) is 76.3 Å². The Labute approximate surface area is 188 Å². The number of hydrogen-bond acceptors (Lipinski definition) is 6. The van der Waals surface area contributed by atoms with Crippen molar-refractivity contribution in [1.82, 2.24) is 9.80 Å². The van der Waals surface area contributed by atoms with E-state index < -0.39 is 0 Å². The number of rotatable bonds is 10. The van der Waals surface area contributed by atoms with E-state index in [0.717, 1.165) is 11.3 Å². The monoisotopic (exact) mass is 443 g/mol. The van der Waals surface area contributed by atoms with Crippen LogP contribution in [0.25, 0.3) is 6.08 Å². The molecule has 0 unspecified atom stereocenters. The van der Waals surface area contributed by atoms with Crippen molar-refractivity contribution < 1.29 is 19.8 Å². The second-order valence-corrected chi connectivity index (χ2v) is 7.10. The number of hydrogen-bond donors (Lipinski definition) is 2. The van der Waals surface area contributed by atoms with Gasteiger partial charge in [0.15, 0.2) is 5.11 Å². The van der Waals surface area contributed by atoms with Crippen molar-refractivity contribution in [3.05, 3.63) is 59.7 Å². The summed E-state index contributed by atoms with van der Waals surface area (Å²) in [5.41, 5.74) is 1.99. The fourth-order valence-corrected chi connectivity index (χ4v) is 3.62. The van der Waals surface area contributed by atoms with E-state index >= 15 is 0 Å². The van der Waals surface area contributed by atoms with Crippen molar-refractivity contribution in [2.75, 3.05) is 44.3 Å². The third kappa shape index (κ3) is 6.10. The SMILES string of the molecule is CCN1C(=O)C(=C/C=C/C=C/c2ccc(N(CCO)CCO)cc2)C(=O)N(CC)C1=S. The van der Waals surface area contributed by atoms with Gasteiger partial charge in [0.2, 0.25) is 0 Å². The van der Waals surface area contributed by atoms with Crippen molar-refractivity contribution in [2.24, 2.45) is 0 Å². The van der Waals surface area contributed by atoms with Gasteiger partial charge in [0.25, 0.3) is 11.8 Å². The molecule has 2 N–H and O–H groups in total. The van der Waals surface area contributed by atoms with Gasteiger partial charge in [-0.15, -0.1) is 0 Å². The first-order valence-corrected chi connectivity index (χ1v) is 10.7. The second-order valence-electron chi connectivity index (χ2n) is 6.73. The Morgan fingerprint density at radius 2 is 1.45 bits per heavy atom. The van der Waals surface area contributed by atoms with Crippen molar-refractivity contribution in [3.63, 3.8) is 0 Å². The zero-order chi connectivity index (χ0) is 22.8. The third-order valence-electron chi connectivity index (χ3n) is 4.82. The van der Waals surface area contributed by atoms with Crippen LogP contribution in [0.4, 0.5) is 5.69 Å². The predicted molar refractivity (Wildman–Crippen MR) is 126 cm³/mol. The van der Waals surface area contributed by atoms with Crippen LogP contribution in [0.15, 0.2) is 54.1 Å². The normalized spacial score (nSPS) is 15.0. The maximum absolute atomic E-state index is 12.5. The summed E-state index contributed by atoms with van der Waals surface area (Å²) in [4.78, 5) is 29.8. The fraction of sp³-hybridized carbons (Fsp3) is 0.348. The highest BCUT2D eigenvalue weighted by molar-refractivity contribution is 7.80. The smallest absolute Gasteiger partial charge is 0.265 e. The number of aliphatic hydroxyl groups excluding tert-OH is 2. The number of nitrogens with zero attached hydrogens (tertiary/aromatic N) is 3. The van der Waals surface area contributed by atoms with Gasteiger partial charge in [-0.25, -0.2) is 0 Å². The van der Waals surface area contributed by atoms with E-state index in [1.807, 2.05) is 55.2 Å². The molecule has 1 fully saturated rings. The lowest BCUT2D eigenvalue weighted by atomic mass is 10.1. The number of carbonyl (C=O) groups is 2. The zero-order valence-corrected chi connectivity index (χ0v) is 18.7. The standard InChI is InChI=1S/C23H29N3O4S/c1-3-25-21(29)20(22(30)26(4-2)23(25)31)9-7-5-6-8-18-10-12-19(13-11-18)24(14-16-27)15-17-28/h5-13,27-28H,3-4,14-17H2,1-2H3/b7-5+,8-6+. The minimum absolute atomic E-state index is 0.0186. The molecule has 0 aromatic heterocycles. The minimum Gasteiger partial charge on any atom is -0.395 e. The number of anilines is 1. The fourth-order valence-electron chi connectivity index (χ4n) is 3.19. The predicted octanol–water partition coefficient (Wildman–Crippen LogP) is 1.97. The Kier molecular flexibility index (Phi) is 9.58. The summed E-state index contributed by atoms with van der Waals surface area (Å²) in [5, 5.41) is 18.5. The molecule has 0 saturated carbocycles. The summed E-state index contributed by atoms with van der Waals surface area (Å²) in [6, 6.07) is 7.73. The van der Waals surface area contributed by atoms with Crippen LogP contribution in [0.5, 0.6) is 0 Å². The molecule has 0 aliphatic carbocycles. The van der Waals surface area contributed by atoms with E-state index in [9.17, 15) is 9.59 Å². The van der Waals surface area contributed by atoms with E-state index in [2.05, 4.69) is 0 Å². The molecule has 0 bridgehead atoms. The van der Waals surface area contributed by atoms with Crippen LogP contribution in [0.2, 0.25) is 0 Å². The molecule has 31 heavy (non-hydrogen) atoms. The van der Waals surface area contributed by atoms with Gasteiger partial charge >= 0.3 is 0 Å². The number of thiocarbonyl (C=S) groups is 1. The highest BCUT2D eigenvalue weighted by Gasteiger charge is 2.37. The van der Waals surface area contributed by atoms with E-state index in [1.165, 1.54) is 15.9 Å². The van der Waals surface area contributed by atoms with Gasteiger partial charge in [-0.1, -0.05) is 36.4 Å². The molecular weight excluding hydrogens is 414 g/mol. The first-order chi connectivity index (χ1) is 15.0. The largest absolute Gasteiger partial charge is 0.395 e. The first kappa shape index (κ1) is 24.5. The quantitative estimate of drug-likeness (QED) is 0.249. The van der Waals surface area contributed by atoms with Crippen LogP contribution in [0, 0.1) is 0 Å². The maximum Gasteiger partial charge on any atom is 0.265 e. The molecule has 0 radical (unpaired) electrons. The number of aliphatic hydroxyl groups is 2. The van der Waals surface area contributed by atoms with Crippen LogP contribution in [0.1, 0.15) is 19.4 Å². The number of amides is 2. The Morgan fingerprint density at radius 1 is 0.903 bits per heavy atom. The van der Waals surface area contributed by atoms with Crippen LogP contribution in [-0.2, 0) is 9.59 Å². The Balaban J connectivity index is 2.07. The number of likely N-dealkylation sites (N-methyl/N-ethyl adjacent to an activating group) is 2. The molecule has 1 aromatic rings. The lowest BCUT2D eigenvalue weighted by molar-refractivity contribution is -0.133. The summed E-state index contributed by atoms with van der Waals surface area (Å²) in [6.45, 7) is 5.42. The summed E-state index contributed by atoms with van der Waals surface area (Å²) < 4.78 is 0. The molecular formula is C23H29N3O4S. The summed E-state index contributed by atoms with van der Waals surface area (Å²) in [5.74, 6) is -0.747.